The monoisotopic (exact) mass is 300 g/mol. The fourth-order valence-corrected chi connectivity index (χ4v) is 3.54. The summed E-state index contributed by atoms with van der Waals surface area (Å²) in [7, 11) is 0. The molecule has 0 unspecified atom stereocenters. The van der Waals surface area contributed by atoms with E-state index >= 15 is 0 Å². The molecule has 0 bridgehead atoms. The molecule has 3 nitrogen and oxygen atoms in total. The molecule has 1 aromatic heterocycles. The Bertz CT molecular complexity index is 635. The van der Waals surface area contributed by atoms with E-state index in [1.807, 2.05) is 17.0 Å². The zero-order chi connectivity index (χ0) is 14.7. The number of nitrogens with one attached hydrogen (secondary N) is 1. The molecule has 21 heavy (non-hydrogen) atoms. The van der Waals surface area contributed by atoms with Crippen molar-refractivity contribution in [1.29, 1.82) is 0 Å². The molecule has 0 saturated heterocycles. The number of fused-ring (bicyclic) bond motifs is 1. The van der Waals surface area contributed by atoms with Gasteiger partial charge in [0.15, 0.2) is 0 Å². The normalized spacial score (nSPS) is 13.9. The summed E-state index contributed by atoms with van der Waals surface area (Å²) in [5, 5.41) is 5.36. The van der Waals surface area contributed by atoms with Crippen molar-refractivity contribution in [3.63, 3.8) is 0 Å². The second-order valence-corrected chi connectivity index (χ2v) is 6.34. The molecule has 0 spiro atoms. The minimum Gasteiger partial charge on any atom is -0.376 e. The van der Waals surface area contributed by atoms with Crippen LogP contribution in [0, 0.1) is 0 Å². The van der Waals surface area contributed by atoms with Gasteiger partial charge in [0.2, 0.25) is 5.91 Å². The number of rotatable bonds is 4. The number of aryl methyl sites for hydroxylation is 1. The van der Waals surface area contributed by atoms with Gasteiger partial charge in [-0.2, -0.15) is 0 Å². The Morgan fingerprint density at radius 1 is 1.38 bits per heavy atom. The van der Waals surface area contributed by atoms with Crippen LogP contribution in [0.25, 0.3) is 0 Å². The maximum atomic E-state index is 12.3. The molecule has 110 valence electrons. The maximum Gasteiger partial charge on any atom is 0.242 e. The van der Waals surface area contributed by atoms with Crippen LogP contribution >= 0.6 is 11.3 Å². The molecule has 0 radical (unpaired) electrons. The Morgan fingerprint density at radius 3 is 3.14 bits per heavy atom. The lowest BCUT2D eigenvalue weighted by Crippen LogP contribution is -2.38. The van der Waals surface area contributed by atoms with Crippen LogP contribution in [0.1, 0.15) is 22.9 Å². The summed E-state index contributed by atoms with van der Waals surface area (Å²) in [6.45, 7) is 4.10. The van der Waals surface area contributed by atoms with Gasteiger partial charge in [-0.25, -0.2) is 0 Å². The van der Waals surface area contributed by atoms with Gasteiger partial charge in [-0.15, -0.1) is 11.3 Å². The van der Waals surface area contributed by atoms with E-state index in [4.69, 9.17) is 0 Å². The summed E-state index contributed by atoms with van der Waals surface area (Å²) < 4.78 is 0. The highest BCUT2D eigenvalue weighted by Gasteiger charge is 2.20. The minimum absolute atomic E-state index is 0.175. The molecular weight excluding hydrogens is 280 g/mol. The predicted molar refractivity (Wildman–Crippen MR) is 87.7 cm³/mol. The number of anilines is 1. The van der Waals surface area contributed by atoms with E-state index < -0.39 is 0 Å². The van der Waals surface area contributed by atoms with Crippen molar-refractivity contribution in [1.82, 2.24) is 4.90 Å². The van der Waals surface area contributed by atoms with Gasteiger partial charge in [-0.1, -0.05) is 19.1 Å². The van der Waals surface area contributed by atoms with E-state index in [0.29, 0.717) is 6.54 Å². The molecule has 1 N–H and O–H groups in total. The van der Waals surface area contributed by atoms with Gasteiger partial charge in [0.05, 0.1) is 6.54 Å². The number of carbonyl (C=O) groups excluding carboxylic acids is 1. The topological polar surface area (TPSA) is 32.3 Å². The molecule has 0 atom stereocenters. The molecule has 4 heteroatoms. The van der Waals surface area contributed by atoms with E-state index in [9.17, 15) is 4.79 Å². The Morgan fingerprint density at radius 2 is 2.29 bits per heavy atom. The van der Waals surface area contributed by atoms with Crippen LogP contribution in [0.4, 0.5) is 5.69 Å². The van der Waals surface area contributed by atoms with Gasteiger partial charge < -0.3 is 10.2 Å². The van der Waals surface area contributed by atoms with Gasteiger partial charge in [0.25, 0.3) is 0 Å². The van der Waals surface area contributed by atoms with Crippen molar-refractivity contribution in [2.24, 2.45) is 0 Å². The van der Waals surface area contributed by atoms with Crippen LogP contribution < -0.4 is 5.32 Å². The summed E-state index contributed by atoms with van der Waals surface area (Å²) in [6, 6.07) is 10.4. The lowest BCUT2D eigenvalue weighted by Gasteiger charge is -2.27. The largest absolute Gasteiger partial charge is 0.376 e. The third kappa shape index (κ3) is 3.27. The van der Waals surface area contributed by atoms with Crippen LogP contribution in [0.2, 0.25) is 0 Å². The van der Waals surface area contributed by atoms with Gasteiger partial charge in [0.1, 0.15) is 0 Å². The molecular formula is C17H20N2OS. The van der Waals surface area contributed by atoms with E-state index in [-0.39, 0.29) is 5.91 Å². The quantitative estimate of drug-likeness (QED) is 0.939. The molecule has 1 aliphatic heterocycles. The predicted octanol–water partition coefficient (Wildman–Crippen LogP) is 3.31. The first-order valence-electron chi connectivity index (χ1n) is 7.42. The van der Waals surface area contributed by atoms with Crippen molar-refractivity contribution in [3.05, 3.63) is 51.7 Å². The van der Waals surface area contributed by atoms with Crippen LogP contribution in [-0.2, 0) is 24.2 Å². The molecule has 1 aromatic carbocycles. The minimum atomic E-state index is 0.175. The first kappa shape index (κ1) is 14.1. The van der Waals surface area contributed by atoms with E-state index in [1.165, 1.54) is 16.0 Å². The van der Waals surface area contributed by atoms with Gasteiger partial charge in [-0.3, -0.25) is 4.79 Å². The fraction of sp³-hybridized carbons (Fsp3) is 0.353. The van der Waals surface area contributed by atoms with Crippen molar-refractivity contribution < 1.29 is 4.79 Å². The van der Waals surface area contributed by atoms with Gasteiger partial charge in [0, 0.05) is 23.7 Å². The Kier molecular flexibility index (Phi) is 4.25. The zero-order valence-corrected chi connectivity index (χ0v) is 13.1. The molecule has 2 heterocycles. The van der Waals surface area contributed by atoms with Crippen molar-refractivity contribution in [2.75, 3.05) is 18.4 Å². The lowest BCUT2D eigenvalue weighted by molar-refractivity contribution is -0.130. The number of nitrogens with zero attached hydrogens (tertiary/aromatic N) is 1. The number of hydrogen-bond acceptors (Lipinski definition) is 3. The average Bonchev–Trinajstić information content (AvgIpc) is 3.00. The SMILES string of the molecule is CCc1cccc(NCC(=O)N2CCc3sccc3C2)c1. The third-order valence-corrected chi connectivity index (χ3v) is 4.96. The number of benzene rings is 1. The van der Waals surface area contributed by atoms with Gasteiger partial charge >= 0.3 is 0 Å². The summed E-state index contributed by atoms with van der Waals surface area (Å²) >= 11 is 1.80. The van der Waals surface area contributed by atoms with Crippen molar-refractivity contribution in [2.45, 2.75) is 26.3 Å². The number of thiophene rings is 1. The molecule has 1 amide bonds. The number of amides is 1. The maximum absolute atomic E-state index is 12.3. The highest BCUT2D eigenvalue weighted by atomic mass is 32.1. The highest BCUT2D eigenvalue weighted by Crippen LogP contribution is 2.24. The summed E-state index contributed by atoms with van der Waals surface area (Å²) in [4.78, 5) is 15.7. The summed E-state index contributed by atoms with van der Waals surface area (Å²) in [5.41, 5.74) is 3.62. The first-order valence-corrected chi connectivity index (χ1v) is 8.30. The van der Waals surface area contributed by atoms with Crippen LogP contribution in [0.15, 0.2) is 35.7 Å². The second-order valence-electron chi connectivity index (χ2n) is 5.34. The van der Waals surface area contributed by atoms with Crippen LogP contribution in [-0.4, -0.2) is 23.9 Å². The fourth-order valence-electron chi connectivity index (χ4n) is 2.65. The lowest BCUT2D eigenvalue weighted by atomic mass is 10.1. The molecule has 1 aliphatic rings. The smallest absolute Gasteiger partial charge is 0.242 e. The third-order valence-electron chi connectivity index (χ3n) is 3.94. The van der Waals surface area contributed by atoms with Gasteiger partial charge in [-0.05, 0) is 47.5 Å². The van der Waals surface area contributed by atoms with Crippen molar-refractivity contribution >= 4 is 22.9 Å². The number of carbonyl (C=O) groups is 1. The van der Waals surface area contributed by atoms with E-state index in [2.05, 4.69) is 35.8 Å². The number of hydrogen-bond donors (Lipinski definition) is 1. The molecule has 3 rings (SSSR count). The highest BCUT2D eigenvalue weighted by molar-refractivity contribution is 7.10. The second kappa shape index (κ2) is 6.31. The van der Waals surface area contributed by atoms with Crippen LogP contribution in [0.3, 0.4) is 0 Å². The standard InChI is InChI=1S/C17H20N2OS/c1-2-13-4-3-5-15(10-13)18-11-17(20)19-8-6-16-14(12-19)7-9-21-16/h3-5,7,9-10,18H,2,6,8,11-12H2,1H3. The Balaban J connectivity index is 1.57. The average molecular weight is 300 g/mol. The zero-order valence-electron chi connectivity index (χ0n) is 12.3. The Labute approximate surface area is 129 Å². The Hall–Kier alpha value is -1.81. The summed E-state index contributed by atoms with van der Waals surface area (Å²) in [6.07, 6.45) is 2.00. The molecule has 2 aromatic rings. The molecule has 0 aliphatic carbocycles. The van der Waals surface area contributed by atoms with E-state index in [1.54, 1.807) is 11.3 Å². The molecule has 0 saturated carbocycles. The molecule has 0 fully saturated rings. The van der Waals surface area contributed by atoms with Crippen molar-refractivity contribution in [3.8, 4) is 0 Å². The summed E-state index contributed by atoms with van der Waals surface area (Å²) in [5.74, 6) is 0.175. The van der Waals surface area contributed by atoms with E-state index in [0.717, 1.165) is 31.6 Å². The first-order chi connectivity index (χ1) is 10.3. The van der Waals surface area contributed by atoms with Crippen LogP contribution in [0.5, 0.6) is 0 Å².